The normalized spacial score (nSPS) is 11.2. The molecule has 1 aromatic carbocycles. The van der Waals surface area contributed by atoms with Crippen LogP contribution in [0.1, 0.15) is 5.56 Å². The Morgan fingerprint density at radius 2 is 2.06 bits per heavy atom. The molecule has 0 aliphatic heterocycles. The number of hydrogen-bond acceptors (Lipinski definition) is 6. The van der Waals surface area contributed by atoms with E-state index in [2.05, 4.69) is 5.16 Å². The number of carbonyl (C=O) groups excluding carboxylic acids is 1. The van der Waals surface area contributed by atoms with Gasteiger partial charge < -0.3 is 20.6 Å². The minimum Gasteiger partial charge on any atom is -0.479 e. The Morgan fingerprint density at radius 3 is 2.50 bits per heavy atom. The van der Waals surface area contributed by atoms with Gasteiger partial charge in [-0.3, -0.25) is 4.79 Å². The number of carbonyl (C=O) groups is 1. The number of hydrogen-bond donors (Lipinski definition) is 2. The molecule has 0 aliphatic rings. The van der Waals surface area contributed by atoms with Crippen molar-refractivity contribution in [1.82, 2.24) is 0 Å². The molecule has 0 heterocycles. The summed E-state index contributed by atoms with van der Waals surface area (Å²) >= 11 is 0. The first-order chi connectivity index (χ1) is 8.62. The Labute approximate surface area is 106 Å². The van der Waals surface area contributed by atoms with E-state index < -0.39 is 0 Å². The lowest BCUT2D eigenvalue weighted by atomic mass is 10.2. The summed E-state index contributed by atoms with van der Waals surface area (Å²) in [5.74, 6) is 0.110. The van der Waals surface area contributed by atoms with E-state index in [4.69, 9.17) is 15.7 Å². The Kier molecular flexibility index (Phi) is 5.13. The van der Waals surface area contributed by atoms with Gasteiger partial charge in [0, 0.05) is 18.3 Å². The summed E-state index contributed by atoms with van der Waals surface area (Å²) in [7, 11) is 3.23. The second-order valence-electron chi connectivity index (χ2n) is 3.76. The monoisotopic (exact) mass is 251 g/mol. The maximum Gasteiger partial charge on any atom is 0.257 e. The van der Waals surface area contributed by atoms with Gasteiger partial charge in [-0.1, -0.05) is 0 Å². The first-order valence-corrected chi connectivity index (χ1v) is 5.41. The molecule has 0 saturated heterocycles. The Balaban J connectivity index is 2.79. The number of Topliss-reactive ketones (excluding diaryl/α,β-unsaturated/α-hetero) is 1. The zero-order valence-corrected chi connectivity index (χ0v) is 10.5. The van der Waals surface area contributed by atoms with Crippen LogP contribution in [0.4, 0.5) is 5.69 Å². The second kappa shape index (κ2) is 6.61. The third-order valence-electron chi connectivity index (χ3n) is 2.48. The minimum absolute atomic E-state index is 0.0314. The number of rotatable bonds is 5. The summed E-state index contributed by atoms with van der Waals surface area (Å²) in [6.45, 7) is 0.300. The molecular weight excluding hydrogens is 234 g/mol. The molecule has 0 fully saturated rings. The summed E-state index contributed by atoms with van der Waals surface area (Å²) in [4.78, 5) is 13.0. The van der Waals surface area contributed by atoms with Gasteiger partial charge in [0.05, 0.1) is 20.2 Å². The van der Waals surface area contributed by atoms with Crippen LogP contribution in [-0.4, -0.2) is 44.1 Å². The van der Waals surface area contributed by atoms with Gasteiger partial charge >= 0.3 is 0 Å². The Bertz CT molecular complexity index is 429. The largest absolute Gasteiger partial charge is 0.479 e. The smallest absolute Gasteiger partial charge is 0.257 e. The highest BCUT2D eigenvalue weighted by Crippen LogP contribution is 2.14. The third-order valence-corrected chi connectivity index (χ3v) is 2.48. The van der Waals surface area contributed by atoms with Crippen LogP contribution in [-0.2, 0) is 9.53 Å². The van der Waals surface area contributed by atoms with Gasteiger partial charge in [-0.05, 0) is 29.4 Å². The molecule has 0 atom stereocenters. The molecule has 1 rings (SSSR count). The van der Waals surface area contributed by atoms with E-state index >= 15 is 0 Å². The number of methoxy groups -OCH3 is 1. The second-order valence-corrected chi connectivity index (χ2v) is 3.76. The molecule has 0 amide bonds. The number of oxime groups is 1. The number of nitrogens with two attached hydrogens (primary N) is 1. The van der Waals surface area contributed by atoms with E-state index in [0.29, 0.717) is 5.56 Å². The van der Waals surface area contributed by atoms with Crippen molar-refractivity contribution in [3.63, 3.8) is 0 Å². The molecule has 6 heteroatoms. The van der Waals surface area contributed by atoms with Crippen molar-refractivity contribution in [2.75, 3.05) is 32.1 Å². The lowest BCUT2D eigenvalue weighted by molar-refractivity contribution is -0.116. The maximum absolute atomic E-state index is 11.2. The summed E-state index contributed by atoms with van der Waals surface area (Å²) in [5.41, 5.74) is 6.79. The van der Waals surface area contributed by atoms with Crippen molar-refractivity contribution >= 4 is 17.4 Å². The number of ether oxygens (including phenoxy) is 1. The van der Waals surface area contributed by atoms with Gasteiger partial charge in [-0.15, -0.1) is 0 Å². The number of nitrogens with zero attached hydrogens (tertiary/aromatic N) is 2. The fraction of sp³-hybridized carbons (Fsp3) is 0.333. The molecule has 0 aliphatic carbocycles. The molecule has 0 saturated carbocycles. The molecule has 0 bridgehead atoms. The van der Waals surface area contributed by atoms with Crippen molar-refractivity contribution in [2.24, 2.45) is 10.9 Å². The van der Waals surface area contributed by atoms with E-state index in [1.165, 1.54) is 7.11 Å². The zero-order valence-electron chi connectivity index (χ0n) is 10.5. The number of ketones is 1. The van der Waals surface area contributed by atoms with Gasteiger partial charge in [0.15, 0.2) is 5.78 Å². The molecule has 0 aromatic heterocycles. The number of anilines is 1. The van der Waals surface area contributed by atoms with Crippen molar-refractivity contribution in [2.45, 2.75) is 0 Å². The highest BCUT2D eigenvalue weighted by Gasteiger charge is 2.08. The predicted molar refractivity (Wildman–Crippen MR) is 69.1 cm³/mol. The molecule has 0 spiro atoms. The van der Waals surface area contributed by atoms with E-state index in [9.17, 15) is 4.79 Å². The average molecular weight is 251 g/mol. The van der Waals surface area contributed by atoms with Crippen LogP contribution in [0.15, 0.2) is 29.4 Å². The molecule has 0 radical (unpaired) electrons. The minimum atomic E-state index is -0.0314. The van der Waals surface area contributed by atoms with Gasteiger partial charge in [0.2, 0.25) is 0 Å². The molecule has 6 nitrogen and oxygen atoms in total. The molecule has 0 unspecified atom stereocenters. The summed E-state index contributed by atoms with van der Waals surface area (Å²) in [6.07, 6.45) is 0. The number of benzene rings is 1. The fourth-order valence-electron chi connectivity index (χ4n) is 1.50. The Hall–Kier alpha value is -2.08. The standard InChI is InChI=1S/C12H17N3O3/c1-15(8-11(16)7-13)10-5-3-9(4-6-10)12(14-17)18-2/h3-6,17H,7-8,13H2,1-2H3/b14-12+. The highest BCUT2D eigenvalue weighted by molar-refractivity contribution is 5.94. The van der Waals surface area contributed by atoms with Crippen molar-refractivity contribution in [1.29, 1.82) is 0 Å². The molecule has 18 heavy (non-hydrogen) atoms. The lowest BCUT2D eigenvalue weighted by Crippen LogP contribution is -2.30. The van der Waals surface area contributed by atoms with E-state index in [-0.39, 0.29) is 24.8 Å². The fourth-order valence-corrected chi connectivity index (χ4v) is 1.50. The Morgan fingerprint density at radius 1 is 1.44 bits per heavy atom. The van der Waals surface area contributed by atoms with Crippen LogP contribution >= 0.6 is 0 Å². The van der Waals surface area contributed by atoms with Crippen molar-refractivity contribution in [3.05, 3.63) is 29.8 Å². The molecule has 98 valence electrons. The van der Waals surface area contributed by atoms with Crippen LogP contribution < -0.4 is 10.6 Å². The molecular formula is C12H17N3O3. The van der Waals surface area contributed by atoms with Crippen molar-refractivity contribution < 1.29 is 14.7 Å². The third kappa shape index (κ3) is 3.46. The SMILES string of the molecule is CO/C(=N/O)c1ccc(N(C)CC(=O)CN)cc1. The lowest BCUT2D eigenvalue weighted by Gasteiger charge is -2.18. The van der Waals surface area contributed by atoms with Crippen LogP contribution in [0.5, 0.6) is 0 Å². The van der Waals surface area contributed by atoms with Crippen LogP contribution in [0, 0.1) is 0 Å². The maximum atomic E-state index is 11.2. The first-order valence-electron chi connectivity index (χ1n) is 5.41. The van der Waals surface area contributed by atoms with Crippen LogP contribution in [0.3, 0.4) is 0 Å². The summed E-state index contributed by atoms with van der Waals surface area (Å²) in [6, 6.07) is 7.11. The summed E-state index contributed by atoms with van der Waals surface area (Å²) in [5, 5.41) is 11.7. The van der Waals surface area contributed by atoms with Gasteiger partial charge in [-0.2, -0.15) is 0 Å². The van der Waals surface area contributed by atoms with E-state index in [0.717, 1.165) is 5.69 Å². The highest BCUT2D eigenvalue weighted by atomic mass is 16.5. The molecule has 3 N–H and O–H groups in total. The van der Waals surface area contributed by atoms with Gasteiger partial charge in [0.1, 0.15) is 0 Å². The summed E-state index contributed by atoms with van der Waals surface area (Å²) < 4.78 is 4.88. The van der Waals surface area contributed by atoms with Crippen LogP contribution in [0.2, 0.25) is 0 Å². The average Bonchev–Trinajstić information content (AvgIpc) is 2.40. The van der Waals surface area contributed by atoms with Gasteiger partial charge in [0.25, 0.3) is 5.90 Å². The van der Waals surface area contributed by atoms with Crippen molar-refractivity contribution in [3.8, 4) is 0 Å². The topological polar surface area (TPSA) is 88.2 Å². The molecule has 1 aromatic rings. The van der Waals surface area contributed by atoms with Crippen LogP contribution in [0.25, 0.3) is 0 Å². The van der Waals surface area contributed by atoms with E-state index in [1.807, 2.05) is 12.1 Å². The zero-order chi connectivity index (χ0) is 13.5. The van der Waals surface area contributed by atoms with E-state index in [1.54, 1.807) is 24.1 Å². The first kappa shape index (κ1) is 14.0. The quantitative estimate of drug-likeness (QED) is 0.343. The number of likely N-dealkylation sites (N-methyl/N-ethyl adjacent to an activating group) is 1. The van der Waals surface area contributed by atoms with Gasteiger partial charge in [-0.25, -0.2) is 0 Å². The predicted octanol–water partition coefficient (Wildman–Crippen LogP) is 0.433.